The van der Waals surface area contributed by atoms with Crippen molar-refractivity contribution in [3.05, 3.63) is 53.7 Å². The van der Waals surface area contributed by atoms with Crippen LogP contribution in [0.1, 0.15) is 38.2 Å². The minimum Gasteiger partial charge on any atom is -0.328 e. The van der Waals surface area contributed by atoms with Gasteiger partial charge in [-0.3, -0.25) is 4.79 Å². The Bertz CT molecular complexity index is 632. The predicted molar refractivity (Wildman–Crippen MR) is 94.4 cm³/mol. The minimum absolute atomic E-state index is 0.0996. The Kier molecular flexibility index (Phi) is 4.67. The third-order valence-corrected chi connectivity index (χ3v) is 5.17. The van der Waals surface area contributed by atoms with Gasteiger partial charge in [-0.25, -0.2) is 0 Å². The molecule has 2 N–H and O–H groups in total. The van der Waals surface area contributed by atoms with Crippen LogP contribution in [0.15, 0.2) is 48.2 Å². The second-order valence-corrected chi connectivity index (χ2v) is 6.92. The summed E-state index contributed by atoms with van der Waals surface area (Å²) in [7, 11) is 1.91. The highest BCUT2D eigenvalue weighted by Gasteiger charge is 2.32. The molecule has 3 nitrogen and oxygen atoms in total. The highest BCUT2D eigenvalue weighted by atomic mass is 16.2. The van der Waals surface area contributed by atoms with Crippen molar-refractivity contribution in [3.8, 4) is 0 Å². The number of carbonyl (C=O) groups excluding carboxylic acids is 1. The minimum atomic E-state index is 0.0996. The van der Waals surface area contributed by atoms with Crippen LogP contribution in [-0.2, 0) is 4.79 Å². The Morgan fingerprint density at radius 1 is 1.17 bits per heavy atom. The van der Waals surface area contributed by atoms with Crippen molar-refractivity contribution in [2.24, 2.45) is 17.6 Å². The third-order valence-electron chi connectivity index (χ3n) is 5.17. The van der Waals surface area contributed by atoms with E-state index in [4.69, 9.17) is 5.73 Å². The second kappa shape index (κ2) is 6.71. The first-order valence-electron chi connectivity index (χ1n) is 8.55. The van der Waals surface area contributed by atoms with Gasteiger partial charge < -0.3 is 10.6 Å². The standard InChI is InChI=1S/C20H26N2O/c1-14-12-16(15-6-4-3-5-7-15)9-11-19(14)22(2)20(23)17-8-10-18(21)13-17/h3-7,9,11,14,17-18H,8,10,12-13,21H2,1-2H3/t14?,17-,18+/m1/s1. The molecule has 3 rings (SSSR count). The molecule has 0 aliphatic heterocycles. The van der Waals surface area contributed by atoms with Gasteiger partial charge in [0.2, 0.25) is 5.91 Å². The summed E-state index contributed by atoms with van der Waals surface area (Å²) in [5.74, 6) is 0.675. The molecular weight excluding hydrogens is 284 g/mol. The number of rotatable bonds is 3. The number of nitrogens with zero attached hydrogens (tertiary/aromatic N) is 1. The molecule has 3 atom stereocenters. The smallest absolute Gasteiger partial charge is 0.229 e. The molecule has 0 saturated heterocycles. The van der Waals surface area contributed by atoms with Gasteiger partial charge in [-0.15, -0.1) is 0 Å². The van der Waals surface area contributed by atoms with Gasteiger partial charge in [0.25, 0.3) is 0 Å². The molecule has 23 heavy (non-hydrogen) atoms. The van der Waals surface area contributed by atoms with E-state index in [0.29, 0.717) is 5.92 Å². The van der Waals surface area contributed by atoms with Crippen LogP contribution in [-0.4, -0.2) is 23.9 Å². The summed E-state index contributed by atoms with van der Waals surface area (Å²) in [6.07, 6.45) is 7.97. The molecule has 0 aromatic heterocycles. The Morgan fingerprint density at radius 2 is 1.91 bits per heavy atom. The highest BCUT2D eigenvalue weighted by Crippen LogP contribution is 2.34. The zero-order valence-electron chi connectivity index (χ0n) is 14.0. The summed E-state index contributed by atoms with van der Waals surface area (Å²) >= 11 is 0. The summed E-state index contributed by atoms with van der Waals surface area (Å²) in [5.41, 5.74) is 9.68. The Labute approximate surface area is 138 Å². The predicted octanol–water partition coefficient (Wildman–Crippen LogP) is 3.58. The van der Waals surface area contributed by atoms with E-state index in [0.717, 1.165) is 31.4 Å². The van der Waals surface area contributed by atoms with Crippen LogP contribution in [0, 0.1) is 11.8 Å². The first kappa shape index (κ1) is 16.0. The van der Waals surface area contributed by atoms with Crippen LogP contribution in [0.2, 0.25) is 0 Å². The number of benzene rings is 1. The lowest BCUT2D eigenvalue weighted by Crippen LogP contribution is -2.34. The third kappa shape index (κ3) is 3.40. The molecule has 0 spiro atoms. The summed E-state index contributed by atoms with van der Waals surface area (Å²) in [4.78, 5) is 14.6. The zero-order valence-corrected chi connectivity index (χ0v) is 14.0. The van der Waals surface area contributed by atoms with Gasteiger partial charge in [-0.2, -0.15) is 0 Å². The lowest BCUT2D eigenvalue weighted by Gasteiger charge is -2.30. The van der Waals surface area contributed by atoms with Crippen LogP contribution >= 0.6 is 0 Å². The van der Waals surface area contributed by atoms with E-state index in [9.17, 15) is 4.79 Å². The summed E-state index contributed by atoms with van der Waals surface area (Å²) < 4.78 is 0. The number of hydrogen-bond acceptors (Lipinski definition) is 2. The normalized spacial score (nSPS) is 27.3. The molecule has 1 amide bonds. The van der Waals surface area contributed by atoms with Crippen molar-refractivity contribution in [1.29, 1.82) is 0 Å². The van der Waals surface area contributed by atoms with Crippen molar-refractivity contribution in [3.63, 3.8) is 0 Å². The molecular formula is C20H26N2O. The van der Waals surface area contributed by atoms with Crippen molar-refractivity contribution in [1.82, 2.24) is 4.90 Å². The molecule has 1 aromatic carbocycles. The van der Waals surface area contributed by atoms with E-state index in [1.165, 1.54) is 11.1 Å². The monoisotopic (exact) mass is 310 g/mol. The molecule has 0 radical (unpaired) electrons. The maximum absolute atomic E-state index is 12.7. The Balaban J connectivity index is 1.76. The zero-order chi connectivity index (χ0) is 16.4. The summed E-state index contributed by atoms with van der Waals surface area (Å²) in [5, 5.41) is 0. The van der Waals surface area contributed by atoms with Gasteiger partial charge in [0.15, 0.2) is 0 Å². The average Bonchev–Trinajstić information content (AvgIpc) is 3.00. The molecule has 122 valence electrons. The highest BCUT2D eigenvalue weighted by molar-refractivity contribution is 5.81. The van der Waals surface area contributed by atoms with Gasteiger partial charge in [-0.05, 0) is 42.9 Å². The first-order valence-corrected chi connectivity index (χ1v) is 8.55. The maximum atomic E-state index is 12.7. The van der Waals surface area contributed by atoms with E-state index in [-0.39, 0.29) is 17.9 Å². The van der Waals surface area contributed by atoms with Gasteiger partial charge in [0.1, 0.15) is 0 Å². The van der Waals surface area contributed by atoms with Crippen molar-refractivity contribution in [2.45, 2.75) is 38.6 Å². The van der Waals surface area contributed by atoms with Gasteiger partial charge >= 0.3 is 0 Å². The number of carbonyl (C=O) groups is 1. The summed E-state index contributed by atoms with van der Waals surface area (Å²) in [6.45, 7) is 2.20. The van der Waals surface area contributed by atoms with Gasteiger partial charge in [-0.1, -0.05) is 43.3 Å². The van der Waals surface area contributed by atoms with Crippen LogP contribution < -0.4 is 5.73 Å². The quantitative estimate of drug-likeness (QED) is 0.927. The number of amides is 1. The lowest BCUT2D eigenvalue weighted by molar-refractivity contribution is -0.132. The molecule has 0 bridgehead atoms. The van der Waals surface area contributed by atoms with Gasteiger partial charge in [0, 0.05) is 30.6 Å². The fourth-order valence-electron chi connectivity index (χ4n) is 3.80. The van der Waals surface area contributed by atoms with Crippen LogP contribution in [0.4, 0.5) is 0 Å². The fourth-order valence-corrected chi connectivity index (χ4v) is 3.80. The van der Waals surface area contributed by atoms with E-state index < -0.39 is 0 Å². The van der Waals surface area contributed by atoms with E-state index in [2.05, 4.69) is 43.3 Å². The first-order chi connectivity index (χ1) is 11.1. The average molecular weight is 310 g/mol. The molecule has 2 aliphatic carbocycles. The van der Waals surface area contributed by atoms with Crippen molar-refractivity contribution < 1.29 is 4.79 Å². The van der Waals surface area contributed by atoms with E-state index >= 15 is 0 Å². The maximum Gasteiger partial charge on any atom is 0.229 e. The molecule has 0 heterocycles. The molecule has 1 fully saturated rings. The Hall–Kier alpha value is -1.87. The van der Waals surface area contributed by atoms with E-state index in [1.54, 1.807) is 0 Å². The topological polar surface area (TPSA) is 46.3 Å². The van der Waals surface area contributed by atoms with Crippen LogP contribution in [0.3, 0.4) is 0 Å². The number of nitrogens with two attached hydrogens (primary N) is 1. The Morgan fingerprint density at radius 3 is 2.52 bits per heavy atom. The molecule has 1 saturated carbocycles. The lowest BCUT2D eigenvalue weighted by atomic mass is 9.88. The van der Waals surface area contributed by atoms with Crippen LogP contribution in [0.25, 0.3) is 5.57 Å². The molecule has 2 aliphatic rings. The number of hydrogen-bond donors (Lipinski definition) is 1. The molecule has 1 unspecified atom stereocenters. The van der Waals surface area contributed by atoms with Crippen LogP contribution in [0.5, 0.6) is 0 Å². The van der Waals surface area contributed by atoms with E-state index in [1.807, 2.05) is 18.0 Å². The molecule has 1 aromatic rings. The largest absolute Gasteiger partial charge is 0.328 e. The summed E-state index contributed by atoms with van der Waals surface area (Å²) in [6, 6.07) is 10.7. The van der Waals surface area contributed by atoms with Gasteiger partial charge in [0.05, 0.1) is 0 Å². The van der Waals surface area contributed by atoms with Crippen molar-refractivity contribution in [2.75, 3.05) is 7.05 Å². The fraction of sp³-hybridized carbons (Fsp3) is 0.450. The SMILES string of the molecule is CC1CC(c2ccccc2)=CC=C1N(C)C(=O)[C@@H]1CC[C@H](N)C1. The molecule has 3 heteroatoms. The second-order valence-electron chi connectivity index (χ2n) is 6.92. The number of allylic oxidation sites excluding steroid dienone is 4. The van der Waals surface area contributed by atoms with Crippen molar-refractivity contribution >= 4 is 11.5 Å².